The molecule has 176 valence electrons. The number of aliphatic hydroxyl groups excluding tert-OH is 1. The average Bonchev–Trinajstić information content (AvgIpc) is 3.51. The van der Waals surface area contributed by atoms with Crippen LogP contribution in [0.2, 0.25) is 0 Å². The highest BCUT2D eigenvalue weighted by Gasteiger charge is 2.39. The Morgan fingerprint density at radius 1 is 1.09 bits per heavy atom. The van der Waals surface area contributed by atoms with Crippen molar-refractivity contribution in [2.45, 2.75) is 91.3 Å². The summed E-state index contributed by atoms with van der Waals surface area (Å²) in [5.41, 5.74) is 3.00. The number of nitrogens with zero attached hydrogens (tertiary/aromatic N) is 1. The van der Waals surface area contributed by atoms with Crippen molar-refractivity contribution in [3.8, 4) is 0 Å². The molecule has 0 aromatic carbocycles. The van der Waals surface area contributed by atoms with Gasteiger partial charge < -0.3 is 9.84 Å². The van der Waals surface area contributed by atoms with Crippen molar-refractivity contribution in [1.29, 1.82) is 0 Å². The SMILES string of the molecule is C/C(=C\c1ccc(C)cn1)C1CC2CC2CCCCC(O)[C@@H](C)C(=O)C(C)CCC(=O)O1. The minimum atomic E-state index is -0.590. The van der Waals surface area contributed by atoms with Crippen LogP contribution in [-0.4, -0.2) is 34.1 Å². The van der Waals surface area contributed by atoms with Gasteiger partial charge in [-0.15, -0.1) is 0 Å². The number of ketones is 1. The number of hydrogen-bond acceptors (Lipinski definition) is 5. The molecule has 32 heavy (non-hydrogen) atoms. The molecule has 1 aromatic rings. The molecule has 0 spiro atoms. The van der Waals surface area contributed by atoms with Gasteiger partial charge in [0.25, 0.3) is 0 Å². The number of Topliss-reactive ketones (excluding diaryl/α,β-unsaturated/α-hetero) is 1. The van der Waals surface area contributed by atoms with Gasteiger partial charge in [-0.25, -0.2) is 0 Å². The van der Waals surface area contributed by atoms with Crippen LogP contribution >= 0.6 is 0 Å². The lowest BCUT2D eigenvalue weighted by atomic mass is 9.86. The zero-order valence-electron chi connectivity index (χ0n) is 20.0. The van der Waals surface area contributed by atoms with Gasteiger partial charge in [0.1, 0.15) is 11.9 Å². The highest BCUT2D eigenvalue weighted by molar-refractivity contribution is 5.83. The molecule has 2 fully saturated rings. The molecule has 5 unspecified atom stereocenters. The second-order valence-corrected chi connectivity index (χ2v) is 10.1. The summed E-state index contributed by atoms with van der Waals surface area (Å²) in [4.78, 5) is 29.8. The van der Waals surface area contributed by atoms with Gasteiger partial charge in [0.15, 0.2) is 0 Å². The normalized spacial score (nSPS) is 33.3. The summed E-state index contributed by atoms with van der Waals surface area (Å²) in [6.07, 6.45) is 9.55. The van der Waals surface area contributed by atoms with Crippen molar-refractivity contribution in [2.75, 3.05) is 0 Å². The number of rotatable bonds is 2. The third kappa shape index (κ3) is 6.99. The van der Waals surface area contributed by atoms with Crippen molar-refractivity contribution < 1.29 is 19.4 Å². The van der Waals surface area contributed by atoms with Crippen molar-refractivity contribution in [3.63, 3.8) is 0 Å². The number of cyclic esters (lactones) is 1. The molecule has 1 aromatic heterocycles. The van der Waals surface area contributed by atoms with Gasteiger partial charge >= 0.3 is 5.97 Å². The molecule has 1 aliphatic heterocycles. The minimum absolute atomic E-state index is 0.0396. The third-order valence-electron chi connectivity index (χ3n) is 7.30. The first kappa shape index (κ1) is 24.6. The van der Waals surface area contributed by atoms with E-state index >= 15 is 0 Å². The summed E-state index contributed by atoms with van der Waals surface area (Å²) in [5.74, 6) is 0.391. The smallest absolute Gasteiger partial charge is 0.306 e. The van der Waals surface area contributed by atoms with Crippen LogP contribution in [0, 0.1) is 30.6 Å². The fourth-order valence-electron chi connectivity index (χ4n) is 4.79. The Kier molecular flexibility index (Phi) is 8.64. The summed E-state index contributed by atoms with van der Waals surface area (Å²) >= 11 is 0. The molecule has 0 bridgehead atoms. The van der Waals surface area contributed by atoms with E-state index in [1.165, 1.54) is 6.42 Å². The molecule has 1 saturated carbocycles. The molecule has 2 heterocycles. The summed E-state index contributed by atoms with van der Waals surface area (Å²) in [5, 5.41) is 10.4. The number of carbonyl (C=O) groups excluding carboxylic acids is 2. The number of pyridine rings is 1. The molecule has 2 aliphatic rings. The van der Waals surface area contributed by atoms with Crippen molar-refractivity contribution in [2.24, 2.45) is 23.7 Å². The lowest BCUT2D eigenvalue weighted by Gasteiger charge is -2.23. The third-order valence-corrected chi connectivity index (χ3v) is 7.30. The molecule has 3 rings (SSSR count). The van der Waals surface area contributed by atoms with Gasteiger partial charge in [-0.05, 0) is 74.6 Å². The fraction of sp³-hybridized carbons (Fsp3) is 0.667. The molecule has 5 nitrogen and oxygen atoms in total. The molecule has 6 atom stereocenters. The Morgan fingerprint density at radius 3 is 2.56 bits per heavy atom. The standard InChI is InChI=1S/C27H39NO4/c1-17-9-11-23(28-16-17)13-19(3)25-15-22-14-21(22)7-5-6-8-24(29)20(4)27(31)18(2)10-12-26(30)32-25/h9,11,13,16,18,20-22,24-25,29H,5-8,10,12,14-15H2,1-4H3/b19-13+/t18?,20-,21?,22?,24?,25?/m1/s1. The number of carbonyl (C=O) groups is 2. The second kappa shape index (κ2) is 11.2. The molecule has 5 heteroatoms. The van der Waals surface area contributed by atoms with Gasteiger partial charge in [-0.1, -0.05) is 39.2 Å². The molecule has 0 radical (unpaired) electrons. The van der Waals surface area contributed by atoms with Crippen LogP contribution in [-0.2, 0) is 14.3 Å². The maximum atomic E-state index is 12.7. The topological polar surface area (TPSA) is 76.5 Å². The number of fused-ring (bicyclic) bond motifs is 1. The Labute approximate surface area is 192 Å². The van der Waals surface area contributed by atoms with Gasteiger partial charge in [0, 0.05) is 24.5 Å². The van der Waals surface area contributed by atoms with Crippen LogP contribution in [0.4, 0.5) is 0 Å². The van der Waals surface area contributed by atoms with Crippen LogP contribution < -0.4 is 0 Å². The zero-order valence-corrected chi connectivity index (χ0v) is 20.0. The van der Waals surface area contributed by atoms with Crippen molar-refractivity contribution in [3.05, 3.63) is 35.2 Å². The minimum Gasteiger partial charge on any atom is -0.458 e. The van der Waals surface area contributed by atoms with E-state index in [2.05, 4.69) is 4.98 Å². The summed E-state index contributed by atoms with van der Waals surface area (Å²) < 4.78 is 5.94. The predicted molar refractivity (Wildman–Crippen MR) is 126 cm³/mol. The van der Waals surface area contributed by atoms with E-state index in [9.17, 15) is 14.7 Å². The van der Waals surface area contributed by atoms with E-state index in [1.54, 1.807) is 0 Å². The maximum absolute atomic E-state index is 12.7. The van der Waals surface area contributed by atoms with Crippen LogP contribution in [0.3, 0.4) is 0 Å². The van der Waals surface area contributed by atoms with E-state index in [4.69, 9.17) is 4.74 Å². The van der Waals surface area contributed by atoms with Crippen LogP contribution in [0.1, 0.15) is 83.4 Å². The number of esters is 1. The number of aromatic nitrogens is 1. The second-order valence-electron chi connectivity index (χ2n) is 10.1. The maximum Gasteiger partial charge on any atom is 0.306 e. The van der Waals surface area contributed by atoms with Gasteiger partial charge in [0.05, 0.1) is 11.8 Å². The predicted octanol–water partition coefficient (Wildman–Crippen LogP) is 5.29. The lowest BCUT2D eigenvalue weighted by molar-refractivity contribution is -0.148. The molecular weight excluding hydrogens is 402 g/mol. The molecule has 1 N–H and O–H groups in total. The largest absolute Gasteiger partial charge is 0.458 e. The van der Waals surface area contributed by atoms with Gasteiger partial charge in [-0.2, -0.15) is 0 Å². The summed E-state index contributed by atoms with van der Waals surface area (Å²) in [7, 11) is 0. The molecular formula is C27H39NO4. The lowest BCUT2D eigenvalue weighted by Crippen LogP contribution is -2.30. The first-order valence-electron chi connectivity index (χ1n) is 12.3. The monoisotopic (exact) mass is 441 g/mol. The Morgan fingerprint density at radius 2 is 1.84 bits per heavy atom. The van der Waals surface area contributed by atoms with Gasteiger partial charge in [0.2, 0.25) is 0 Å². The summed E-state index contributed by atoms with van der Waals surface area (Å²) in [6.45, 7) is 7.69. The highest BCUT2D eigenvalue weighted by atomic mass is 16.5. The van der Waals surface area contributed by atoms with E-state index in [1.807, 2.05) is 52.1 Å². The first-order chi connectivity index (χ1) is 15.2. The average molecular weight is 442 g/mol. The fourth-order valence-corrected chi connectivity index (χ4v) is 4.79. The number of aliphatic hydroxyl groups is 1. The quantitative estimate of drug-likeness (QED) is 0.631. The van der Waals surface area contributed by atoms with E-state index in [0.29, 0.717) is 24.7 Å². The van der Waals surface area contributed by atoms with Gasteiger partial charge in [-0.3, -0.25) is 14.6 Å². The zero-order chi connectivity index (χ0) is 23.3. The van der Waals surface area contributed by atoms with Crippen LogP contribution in [0.15, 0.2) is 23.9 Å². The van der Waals surface area contributed by atoms with Crippen LogP contribution in [0.5, 0.6) is 0 Å². The Hall–Kier alpha value is -2.01. The number of ether oxygens (including phenoxy) is 1. The molecule has 1 saturated heterocycles. The van der Waals surface area contributed by atoms with E-state index < -0.39 is 6.10 Å². The van der Waals surface area contributed by atoms with Crippen LogP contribution in [0.25, 0.3) is 6.08 Å². The summed E-state index contributed by atoms with van der Waals surface area (Å²) in [6, 6.07) is 4.02. The number of aryl methyl sites for hydroxylation is 1. The molecule has 0 amide bonds. The van der Waals surface area contributed by atoms with Crippen molar-refractivity contribution >= 4 is 17.8 Å². The van der Waals surface area contributed by atoms with E-state index in [0.717, 1.165) is 42.5 Å². The highest BCUT2D eigenvalue weighted by Crippen LogP contribution is 2.46. The van der Waals surface area contributed by atoms with E-state index in [-0.39, 0.29) is 36.1 Å². The van der Waals surface area contributed by atoms with Crippen molar-refractivity contribution in [1.82, 2.24) is 4.98 Å². The molecule has 1 aliphatic carbocycles. The Bertz CT molecular complexity index is 815. The Balaban J connectivity index is 1.71. The number of hydrogen-bond donors (Lipinski definition) is 1. The first-order valence-corrected chi connectivity index (χ1v) is 12.3.